The van der Waals surface area contributed by atoms with Gasteiger partial charge in [0.15, 0.2) is 5.13 Å². The molecular weight excluding hydrogens is 571 g/mol. The van der Waals surface area contributed by atoms with Gasteiger partial charge in [-0.25, -0.2) is 0 Å². The molecule has 7 nitrogen and oxygen atoms in total. The normalized spacial score (nSPS) is 15.6. The lowest BCUT2D eigenvalue weighted by Gasteiger charge is -2.34. The maximum absolute atomic E-state index is 13.9. The van der Waals surface area contributed by atoms with Gasteiger partial charge in [-0.1, -0.05) is 39.4 Å². The molecule has 194 valence electrons. The Morgan fingerprint density at radius 3 is 2.65 bits per heavy atom. The average Bonchev–Trinajstić information content (AvgIpc) is 3.49. The summed E-state index contributed by atoms with van der Waals surface area (Å²) in [6, 6.07) is 9.42. The van der Waals surface area contributed by atoms with Crippen LogP contribution in [0.15, 0.2) is 47.1 Å². The van der Waals surface area contributed by atoms with E-state index in [1.54, 1.807) is 24.4 Å². The smallest absolute Gasteiger partial charge is 0.417 e. The van der Waals surface area contributed by atoms with Crippen LogP contribution in [0.1, 0.15) is 21.6 Å². The number of alkyl halides is 3. The van der Waals surface area contributed by atoms with Crippen molar-refractivity contribution in [3.8, 4) is 5.88 Å². The molecule has 0 spiro atoms. The van der Waals surface area contributed by atoms with Crippen molar-refractivity contribution in [1.82, 2.24) is 20.1 Å². The zero-order valence-electron chi connectivity index (χ0n) is 19.5. The van der Waals surface area contributed by atoms with E-state index in [0.717, 1.165) is 30.1 Å². The summed E-state index contributed by atoms with van der Waals surface area (Å²) in [5, 5.41) is 28.4. The van der Waals surface area contributed by atoms with Crippen LogP contribution in [-0.2, 0) is 6.18 Å². The SMILES string of the molecule is OCCN1CCN(c2nc(O)c(C(=Cc3ccc(Br)cc3C(F)(F)F)c3ccc4[nH]ncc4c3)s2)CC1. The number of piperazine rings is 1. The lowest BCUT2D eigenvalue weighted by atomic mass is 9.98. The molecule has 0 bridgehead atoms. The van der Waals surface area contributed by atoms with Gasteiger partial charge < -0.3 is 15.1 Å². The predicted molar refractivity (Wildman–Crippen MR) is 142 cm³/mol. The number of aromatic nitrogens is 3. The Balaban J connectivity index is 1.60. The number of benzene rings is 2. The van der Waals surface area contributed by atoms with Gasteiger partial charge in [-0.3, -0.25) is 10.00 Å². The van der Waals surface area contributed by atoms with E-state index in [-0.39, 0.29) is 18.1 Å². The molecule has 0 amide bonds. The highest BCUT2D eigenvalue weighted by Crippen LogP contribution is 2.42. The molecule has 5 rings (SSSR count). The zero-order chi connectivity index (χ0) is 26.2. The van der Waals surface area contributed by atoms with E-state index >= 15 is 0 Å². The standard InChI is InChI=1S/C25H23BrF3N5O2S/c26-18-3-1-16(20(13-18)25(27,28)29)12-19(15-2-4-21-17(11-15)14-30-32-21)22-23(36)31-24(37-22)34-7-5-33(6-8-34)9-10-35/h1-4,11-14,35-36H,5-10H2,(H,30,32). The van der Waals surface area contributed by atoms with Gasteiger partial charge in [-0.2, -0.15) is 23.3 Å². The van der Waals surface area contributed by atoms with Crippen molar-refractivity contribution >= 4 is 55.0 Å². The molecule has 0 saturated carbocycles. The first-order chi connectivity index (χ1) is 17.7. The molecule has 1 aliphatic heterocycles. The number of nitrogens with zero attached hydrogens (tertiary/aromatic N) is 4. The van der Waals surface area contributed by atoms with Crippen LogP contribution in [0.2, 0.25) is 0 Å². The van der Waals surface area contributed by atoms with Gasteiger partial charge >= 0.3 is 6.18 Å². The number of β-amino-alcohol motifs (C(OH)–C–C–N with tert-alkyl or cyclic N) is 1. The number of nitrogens with one attached hydrogen (secondary N) is 1. The summed E-state index contributed by atoms with van der Waals surface area (Å²) < 4.78 is 42.1. The van der Waals surface area contributed by atoms with Gasteiger partial charge in [-0.15, -0.1) is 0 Å². The molecule has 1 fully saturated rings. The van der Waals surface area contributed by atoms with Crippen LogP contribution in [0.25, 0.3) is 22.6 Å². The summed E-state index contributed by atoms with van der Waals surface area (Å²) in [5.41, 5.74) is 1.04. The second kappa shape index (κ2) is 10.4. The third kappa shape index (κ3) is 5.52. The molecule has 1 aliphatic rings. The first-order valence-electron chi connectivity index (χ1n) is 11.5. The minimum atomic E-state index is -4.57. The number of hydrogen-bond acceptors (Lipinski definition) is 7. The Morgan fingerprint density at radius 2 is 1.92 bits per heavy atom. The minimum Gasteiger partial charge on any atom is -0.492 e. The number of aromatic amines is 1. The summed E-state index contributed by atoms with van der Waals surface area (Å²) >= 11 is 4.38. The van der Waals surface area contributed by atoms with Crippen molar-refractivity contribution in [3.05, 3.63) is 68.6 Å². The average molecular weight is 594 g/mol. The lowest BCUT2D eigenvalue weighted by Crippen LogP contribution is -2.47. The summed E-state index contributed by atoms with van der Waals surface area (Å²) in [6.45, 7) is 3.50. The fourth-order valence-corrected chi connectivity index (χ4v) is 5.77. The molecule has 0 atom stereocenters. The number of hydrogen-bond donors (Lipinski definition) is 3. The topological polar surface area (TPSA) is 88.5 Å². The molecule has 0 aliphatic carbocycles. The third-order valence-corrected chi connectivity index (χ3v) is 7.91. The fraction of sp³-hybridized carbons (Fsp3) is 0.280. The number of aliphatic hydroxyl groups is 1. The monoisotopic (exact) mass is 593 g/mol. The minimum absolute atomic E-state index is 0.0232. The van der Waals surface area contributed by atoms with Crippen molar-refractivity contribution < 1.29 is 23.4 Å². The summed E-state index contributed by atoms with van der Waals surface area (Å²) in [7, 11) is 0. The number of H-pyrrole nitrogens is 1. The number of fused-ring (bicyclic) bond motifs is 1. The molecule has 37 heavy (non-hydrogen) atoms. The molecule has 12 heteroatoms. The van der Waals surface area contributed by atoms with Gasteiger partial charge in [0.25, 0.3) is 0 Å². The number of anilines is 1. The van der Waals surface area contributed by atoms with Crippen molar-refractivity contribution in [1.29, 1.82) is 0 Å². The molecule has 2 aromatic carbocycles. The summed E-state index contributed by atoms with van der Waals surface area (Å²) in [4.78, 5) is 8.94. The lowest BCUT2D eigenvalue weighted by molar-refractivity contribution is -0.137. The number of thiazole rings is 1. The van der Waals surface area contributed by atoms with Crippen molar-refractivity contribution in [2.24, 2.45) is 0 Å². The largest absolute Gasteiger partial charge is 0.492 e. The zero-order valence-corrected chi connectivity index (χ0v) is 21.9. The van der Waals surface area contributed by atoms with Crippen LogP contribution >= 0.6 is 27.3 Å². The number of halogens is 4. The molecule has 3 N–H and O–H groups in total. The van der Waals surface area contributed by atoms with Crippen LogP contribution < -0.4 is 4.90 Å². The van der Waals surface area contributed by atoms with Crippen molar-refractivity contribution in [2.75, 3.05) is 44.2 Å². The van der Waals surface area contributed by atoms with Crippen LogP contribution in [0.4, 0.5) is 18.3 Å². The van der Waals surface area contributed by atoms with E-state index in [9.17, 15) is 23.4 Å². The van der Waals surface area contributed by atoms with E-state index in [1.165, 1.54) is 23.5 Å². The Bertz CT molecular complexity index is 1440. The Hall–Kier alpha value is -2.93. The quantitative estimate of drug-likeness (QED) is 0.266. The number of aromatic hydroxyl groups is 1. The maximum Gasteiger partial charge on any atom is 0.417 e. The predicted octanol–water partition coefficient (Wildman–Crippen LogP) is 5.21. The first kappa shape index (κ1) is 25.7. The second-order valence-electron chi connectivity index (χ2n) is 8.66. The van der Waals surface area contributed by atoms with Crippen LogP contribution in [0, 0.1) is 0 Å². The first-order valence-corrected chi connectivity index (χ1v) is 13.1. The van der Waals surface area contributed by atoms with E-state index in [0.29, 0.717) is 45.3 Å². The highest BCUT2D eigenvalue weighted by molar-refractivity contribution is 9.10. The maximum atomic E-state index is 13.9. The molecule has 4 aromatic rings. The summed E-state index contributed by atoms with van der Waals surface area (Å²) in [5.74, 6) is -0.234. The molecule has 2 aromatic heterocycles. The Kier molecular flexibility index (Phi) is 7.26. The number of rotatable bonds is 6. The third-order valence-electron chi connectivity index (χ3n) is 6.27. The Morgan fingerprint density at radius 1 is 1.14 bits per heavy atom. The van der Waals surface area contributed by atoms with Crippen molar-refractivity contribution in [2.45, 2.75) is 6.18 Å². The summed E-state index contributed by atoms with van der Waals surface area (Å²) in [6.07, 6.45) is -1.47. The van der Waals surface area contributed by atoms with Crippen LogP contribution in [-0.4, -0.2) is 69.6 Å². The Labute approximate surface area is 223 Å². The van der Waals surface area contributed by atoms with Crippen LogP contribution in [0.3, 0.4) is 0 Å². The van der Waals surface area contributed by atoms with Crippen molar-refractivity contribution in [3.63, 3.8) is 0 Å². The van der Waals surface area contributed by atoms with Gasteiger partial charge in [0.05, 0.1) is 23.9 Å². The molecule has 3 heterocycles. The van der Waals surface area contributed by atoms with E-state index < -0.39 is 11.7 Å². The second-order valence-corrected chi connectivity index (χ2v) is 10.6. The highest BCUT2D eigenvalue weighted by Gasteiger charge is 2.33. The van der Waals surface area contributed by atoms with Gasteiger partial charge in [-0.05, 0) is 41.5 Å². The highest BCUT2D eigenvalue weighted by atomic mass is 79.9. The van der Waals surface area contributed by atoms with Gasteiger partial charge in [0.2, 0.25) is 5.88 Å². The van der Waals surface area contributed by atoms with E-state index in [1.807, 2.05) is 11.0 Å². The van der Waals surface area contributed by atoms with E-state index in [4.69, 9.17) is 0 Å². The molecule has 0 radical (unpaired) electrons. The molecule has 0 unspecified atom stereocenters. The number of aliphatic hydroxyl groups excluding tert-OH is 1. The molecular formula is C25H23BrF3N5O2S. The van der Waals surface area contributed by atoms with Crippen LogP contribution in [0.5, 0.6) is 5.88 Å². The van der Waals surface area contributed by atoms with Gasteiger partial charge in [0, 0.05) is 48.2 Å². The fourth-order valence-electron chi connectivity index (χ4n) is 4.36. The molecule has 1 saturated heterocycles. The van der Waals surface area contributed by atoms with E-state index in [2.05, 4.69) is 36.0 Å². The van der Waals surface area contributed by atoms with Gasteiger partial charge in [0.1, 0.15) is 4.88 Å².